The van der Waals surface area contributed by atoms with Gasteiger partial charge in [0.1, 0.15) is 11.6 Å². The standard InChI is InChI=1S/C15H11BrClFO2/c1-20-15-5-2-10(17)8-12(15)14(19)7-9-6-11(18)3-4-13(9)16/h2-6,8H,7H2,1H3. The lowest BCUT2D eigenvalue weighted by atomic mass is 10.0. The first-order valence-electron chi connectivity index (χ1n) is 5.82. The van der Waals surface area contributed by atoms with Crippen molar-refractivity contribution in [2.75, 3.05) is 7.11 Å². The second-order valence-corrected chi connectivity index (χ2v) is 5.47. The van der Waals surface area contributed by atoms with E-state index in [1.54, 1.807) is 24.3 Å². The quantitative estimate of drug-likeness (QED) is 0.743. The van der Waals surface area contributed by atoms with Gasteiger partial charge in [0.2, 0.25) is 0 Å². The molecule has 2 nitrogen and oxygen atoms in total. The maximum Gasteiger partial charge on any atom is 0.171 e. The van der Waals surface area contributed by atoms with Crippen LogP contribution in [0.3, 0.4) is 0 Å². The minimum absolute atomic E-state index is 0.0645. The summed E-state index contributed by atoms with van der Waals surface area (Å²) in [6.45, 7) is 0. The molecule has 0 radical (unpaired) electrons. The van der Waals surface area contributed by atoms with Crippen molar-refractivity contribution < 1.29 is 13.9 Å². The van der Waals surface area contributed by atoms with E-state index in [4.69, 9.17) is 16.3 Å². The SMILES string of the molecule is COc1ccc(Cl)cc1C(=O)Cc1cc(F)ccc1Br. The van der Waals surface area contributed by atoms with Gasteiger partial charge in [0, 0.05) is 15.9 Å². The van der Waals surface area contributed by atoms with E-state index in [-0.39, 0.29) is 18.0 Å². The van der Waals surface area contributed by atoms with Gasteiger partial charge in [0.25, 0.3) is 0 Å². The van der Waals surface area contributed by atoms with Crippen molar-refractivity contribution in [3.63, 3.8) is 0 Å². The molecule has 0 fully saturated rings. The summed E-state index contributed by atoms with van der Waals surface area (Å²) < 4.78 is 19.1. The fourth-order valence-corrected chi connectivity index (χ4v) is 2.40. The molecule has 0 aromatic heterocycles. The van der Waals surface area contributed by atoms with Crippen LogP contribution in [0.5, 0.6) is 5.75 Å². The van der Waals surface area contributed by atoms with E-state index < -0.39 is 0 Å². The highest BCUT2D eigenvalue weighted by Crippen LogP contribution is 2.26. The van der Waals surface area contributed by atoms with Crippen molar-refractivity contribution in [1.29, 1.82) is 0 Å². The lowest BCUT2D eigenvalue weighted by Gasteiger charge is -2.09. The van der Waals surface area contributed by atoms with Crippen LogP contribution in [0.25, 0.3) is 0 Å². The topological polar surface area (TPSA) is 26.3 Å². The Hall–Kier alpha value is -1.39. The van der Waals surface area contributed by atoms with E-state index in [0.29, 0.717) is 26.4 Å². The zero-order chi connectivity index (χ0) is 14.7. The molecule has 0 heterocycles. The van der Waals surface area contributed by atoms with Gasteiger partial charge in [-0.1, -0.05) is 27.5 Å². The third-order valence-corrected chi connectivity index (χ3v) is 3.83. The Morgan fingerprint density at radius 2 is 2.05 bits per heavy atom. The average molecular weight is 358 g/mol. The summed E-state index contributed by atoms with van der Waals surface area (Å²) in [6, 6.07) is 9.07. The molecule has 104 valence electrons. The Morgan fingerprint density at radius 1 is 1.30 bits per heavy atom. The number of hydrogen-bond acceptors (Lipinski definition) is 2. The highest BCUT2D eigenvalue weighted by atomic mass is 79.9. The highest BCUT2D eigenvalue weighted by Gasteiger charge is 2.15. The van der Waals surface area contributed by atoms with Crippen molar-refractivity contribution in [2.45, 2.75) is 6.42 Å². The van der Waals surface area contributed by atoms with Crippen molar-refractivity contribution >= 4 is 33.3 Å². The summed E-state index contributed by atoms with van der Waals surface area (Å²) in [4.78, 5) is 12.3. The lowest BCUT2D eigenvalue weighted by molar-refractivity contribution is 0.0990. The van der Waals surface area contributed by atoms with E-state index in [2.05, 4.69) is 15.9 Å². The maximum atomic E-state index is 13.2. The third kappa shape index (κ3) is 3.38. The summed E-state index contributed by atoms with van der Waals surface area (Å²) in [5, 5.41) is 0.451. The highest BCUT2D eigenvalue weighted by molar-refractivity contribution is 9.10. The van der Waals surface area contributed by atoms with Crippen molar-refractivity contribution in [2.24, 2.45) is 0 Å². The second kappa shape index (κ2) is 6.37. The van der Waals surface area contributed by atoms with Crippen molar-refractivity contribution in [1.82, 2.24) is 0 Å². The number of halogens is 3. The number of ether oxygens (including phenoxy) is 1. The summed E-state index contributed by atoms with van der Waals surface area (Å²) in [5.41, 5.74) is 0.966. The van der Waals surface area contributed by atoms with Crippen LogP contribution in [-0.4, -0.2) is 12.9 Å². The van der Waals surface area contributed by atoms with E-state index in [0.717, 1.165) is 0 Å². The first kappa shape index (κ1) is 15.0. The predicted molar refractivity (Wildman–Crippen MR) is 80.1 cm³/mol. The molecule has 0 saturated heterocycles. The Balaban J connectivity index is 2.32. The van der Waals surface area contributed by atoms with Gasteiger partial charge >= 0.3 is 0 Å². The van der Waals surface area contributed by atoms with Gasteiger partial charge in [-0.25, -0.2) is 4.39 Å². The zero-order valence-corrected chi connectivity index (χ0v) is 13.0. The van der Waals surface area contributed by atoms with Gasteiger partial charge in [-0.2, -0.15) is 0 Å². The molecule has 5 heteroatoms. The smallest absolute Gasteiger partial charge is 0.171 e. The Kier molecular flexibility index (Phi) is 4.78. The number of hydrogen-bond donors (Lipinski definition) is 0. The van der Waals surface area contributed by atoms with Crippen LogP contribution < -0.4 is 4.74 Å². The number of methoxy groups -OCH3 is 1. The molecule has 0 bridgehead atoms. The van der Waals surface area contributed by atoms with Crippen LogP contribution in [0.15, 0.2) is 40.9 Å². The van der Waals surface area contributed by atoms with Crippen molar-refractivity contribution in [3.05, 3.63) is 62.8 Å². The zero-order valence-electron chi connectivity index (χ0n) is 10.6. The van der Waals surface area contributed by atoms with Crippen LogP contribution in [-0.2, 0) is 6.42 Å². The molecule has 0 aliphatic heterocycles. The molecule has 0 atom stereocenters. The molecule has 0 aliphatic rings. The number of ketones is 1. The molecular weight excluding hydrogens is 347 g/mol. The Morgan fingerprint density at radius 3 is 2.75 bits per heavy atom. The van der Waals surface area contributed by atoms with Crippen molar-refractivity contribution in [3.8, 4) is 5.75 Å². The molecule has 0 saturated carbocycles. The van der Waals surface area contributed by atoms with Crippen LogP contribution in [0.1, 0.15) is 15.9 Å². The summed E-state index contributed by atoms with van der Waals surface area (Å²) in [7, 11) is 1.48. The Bertz CT molecular complexity index is 658. The van der Waals surface area contributed by atoms with Gasteiger partial charge in [-0.3, -0.25) is 4.79 Å². The largest absolute Gasteiger partial charge is 0.496 e. The molecule has 0 unspecified atom stereocenters. The van der Waals surface area contributed by atoms with Gasteiger partial charge in [0.15, 0.2) is 5.78 Å². The van der Waals surface area contributed by atoms with Crippen LogP contribution in [0.4, 0.5) is 4.39 Å². The van der Waals surface area contributed by atoms with Crippen LogP contribution in [0.2, 0.25) is 5.02 Å². The molecule has 20 heavy (non-hydrogen) atoms. The van der Waals surface area contributed by atoms with E-state index >= 15 is 0 Å². The summed E-state index contributed by atoms with van der Waals surface area (Å²) in [5.74, 6) is -0.114. The maximum absolute atomic E-state index is 13.2. The number of benzene rings is 2. The fraction of sp³-hybridized carbons (Fsp3) is 0.133. The lowest BCUT2D eigenvalue weighted by Crippen LogP contribution is -2.06. The van der Waals surface area contributed by atoms with Gasteiger partial charge in [-0.05, 0) is 42.0 Å². The first-order chi connectivity index (χ1) is 9.51. The average Bonchev–Trinajstić information content (AvgIpc) is 2.42. The molecular formula is C15H11BrClFO2. The fourth-order valence-electron chi connectivity index (χ4n) is 1.85. The molecule has 2 aromatic rings. The number of carbonyl (C=O) groups excluding carboxylic acids is 1. The minimum Gasteiger partial charge on any atom is -0.496 e. The Labute approximate surface area is 129 Å². The number of Topliss-reactive ketones (excluding diaryl/α,β-unsaturated/α-hetero) is 1. The summed E-state index contributed by atoms with van der Waals surface area (Å²) in [6.07, 6.45) is 0.0645. The van der Waals surface area contributed by atoms with Crippen LogP contribution in [0, 0.1) is 5.82 Å². The van der Waals surface area contributed by atoms with Gasteiger partial charge < -0.3 is 4.74 Å². The molecule has 2 rings (SSSR count). The van der Waals surface area contributed by atoms with Gasteiger partial charge in [0.05, 0.1) is 12.7 Å². The van der Waals surface area contributed by atoms with Gasteiger partial charge in [-0.15, -0.1) is 0 Å². The molecule has 0 N–H and O–H groups in total. The second-order valence-electron chi connectivity index (χ2n) is 4.18. The van der Waals surface area contributed by atoms with E-state index in [1.807, 2.05) is 0 Å². The van der Waals surface area contributed by atoms with E-state index in [1.165, 1.54) is 19.2 Å². The molecule has 2 aromatic carbocycles. The van der Waals surface area contributed by atoms with E-state index in [9.17, 15) is 9.18 Å². The summed E-state index contributed by atoms with van der Waals surface area (Å²) >= 11 is 9.21. The molecule has 0 aliphatic carbocycles. The monoisotopic (exact) mass is 356 g/mol. The molecule has 0 spiro atoms. The van der Waals surface area contributed by atoms with Crippen LogP contribution >= 0.6 is 27.5 Å². The number of rotatable bonds is 4. The third-order valence-electron chi connectivity index (χ3n) is 2.82. The molecule has 0 amide bonds. The minimum atomic E-state index is -0.381. The number of carbonyl (C=O) groups is 1. The predicted octanol–water partition coefficient (Wildman–Crippen LogP) is 4.68. The normalized spacial score (nSPS) is 10.4. The first-order valence-corrected chi connectivity index (χ1v) is 6.99.